The number of amides is 1. The van der Waals surface area contributed by atoms with Crippen LogP contribution in [0.15, 0.2) is 24.3 Å². The van der Waals surface area contributed by atoms with E-state index < -0.39 is 0 Å². The summed E-state index contributed by atoms with van der Waals surface area (Å²) in [6, 6.07) is 8.14. The van der Waals surface area contributed by atoms with Crippen LogP contribution in [0, 0.1) is 0 Å². The fourth-order valence-corrected chi connectivity index (χ4v) is 2.65. The summed E-state index contributed by atoms with van der Waals surface area (Å²) in [5.74, 6) is 0.175. The highest BCUT2D eigenvalue weighted by molar-refractivity contribution is 5.95. The molecule has 1 amide bonds. The molecule has 0 saturated carbocycles. The molecule has 2 aliphatic rings. The number of rotatable bonds is 2. The molecule has 3 rings (SSSR count). The van der Waals surface area contributed by atoms with E-state index in [0.717, 1.165) is 31.7 Å². The zero-order chi connectivity index (χ0) is 12.4. The Morgan fingerprint density at radius 2 is 2.33 bits per heavy atom. The summed E-state index contributed by atoms with van der Waals surface area (Å²) in [5.41, 5.74) is 2.35. The lowest BCUT2D eigenvalue weighted by molar-refractivity contribution is -0.121. The smallest absolute Gasteiger partial charge is 0.229 e. The number of morpholine rings is 1. The maximum atomic E-state index is 12.3. The van der Waals surface area contributed by atoms with Crippen molar-refractivity contribution in [1.82, 2.24) is 5.32 Å². The number of benzene rings is 1. The predicted octanol–water partition coefficient (Wildman–Crippen LogP) is 0.954. The SMILES string of the molecule is O=C(CC1CNCCO1)N1CCc2ccccc21. The van der Waals surface area contributed by atoms with E-state index in [2.05, 4.69) is 11.4 Å². The van der Waals surface area contributed by atoms with Crippen LogP contribution in [-0.2, 0) is 16.0 Å². The number of carbonyl (C=O) groups excluding carboxylic acids is 1. The molecule has 2 aliphatic heterocycles. The lowest BCUT2D eigenvalue weighted by Gasteiger charge is -2.25. The largest absolute Gasteiger partial charge is 0.375 e. The highest BCUT2D eigenvalue weighted by Gasteiger charge is 2.27. The van der Waals surface area contributed by atoms with Crippen molar-refractivity contribution in [3.8, 4) is 0 Å². The quantitative estimate of drug-likeness (QED) is 0.845. The molecule has 1 aromatic rings. The van der Waals surface area contributed by atoms with E-state index in [-0.39, 0.29) is 12.0 Å². The first-order chi connectivity index (χ1) is 8.84. The first kappa shape index (κ1) is 11.7. The van der Waals surface area contributed by atoms with Crippen LogP contribution >= 0.6 is 0 Å². The molecule has 18 heavy (non-hydrogen) atoms. The van der Waals surface area contributed by atoms with Gasteiger partial charge < -0.3 is 15.0 Å². The molecule has 1 saturated heterocycles. The van der Waals surface area contributed by atoms with Gasteiger partial charge in [-0.25, -0.2) is 0 Å². The third-order valence-electron chi connectivity index (χ3n) is 3.59. The van der Waals surface area contributed by atoms with E-state index >= 15 is 0 Å². The van der Waals surface area contributed by atoms with Gasteiger partial charge in [-0.15, -0.1) is 0 Å². The number of fused-ring (bicyclic) bond motifs is 1. The van der Waals surface area contributed by atoms with Gasteiger partial charge in [0.2, 0.25) is 5.91 Å². The fraction of sp³-hybridized carbons (Fsp3) is 0.500. The number of hydrogen-bond donors (Lipinski definition) is 1. The van der Waals surface area contributed by atoms with Crippen LogP contribution < -0.4 is 10.2 Å². The van der Waals surface area contributed by atoms with Crippen LogP contribution in [-0.4, -0.2) is 38.3 Å². The second kappa shape index (κ2) is 5.08. The number of nitrogens with zero attached hydrogens (tertiary/aromatic N) is 1. The van der Waals surface area contributed by atoms with E-state index in [1.807, 2.05) is 23.1 Å². The Bertz CT molecular complexity index is 441. The van der Waals surface area contributed by atoms with Gasteiger partial charge in [0.05, 0.1) is 19.1 Å². The fourth-order valence-electron chi connectivity index (χ4n) is 2.65. The van der Waals surface area contributed by atoms with Crippen molar-refractivity contribution >= 4 is 11.6 Å². The van der Waals surface area contributed by atoms with Gasteiger partial charge in [-0.2, -0.15) is 0 Å². The Labute approximate surface area is 107 Å². The van der Waals surface area contributed by atoms with Gasteiger partial charge in [0.15, 0.2) is 0 Å². The van der Waals surface area contributed by atoms with E-state index in [0.29, 0.717) is 13.0 Å². The molecule has 0 radical (unpaired) electrons. The van der Waals surface area contributed by atoms with Gasteiger partial charge in [-0.05, 0) is 18.1 Å². The molecule has 1 atom stereocenters. The van der Waals surface area contributed by atoms with Crippen LogP contribution in [0.3, 0.4) is 0 Å². The summed E-state index contributed by atoms with van der Waals surface area (Å²) in [7, 11) is 0. The van der Waals surface area contributed by atoms with E-state index in [1.165, 1.54) is 5.56 Å². The summed E-state index contributed by atoms with van der Waals surface area (Å²) in [4.78, 5) is 14.2. The number of anilines is 1. The van der Waals surface area contributed by atoms with Crippen LogP contribution in [0.2, 0.25) is 0 Å². The maximum absolute atomic E-state index is 12.3. The average molecular weight is 246 g/mol. The van der Waals surface area contributed by atoms with Crippen molar-refractivity contribution in [2.24, 2.45) is 0 Å². The molecule has 1 fully saturated rings. The number of carbonyl (C=O) groups is 1. The van der Waals surface area contributed by atoms with Gasteiger partial charge in [-0.3, -0.25) is 4.79 Å². The van der Waals surface area contributed by atoms with Gasteiger partial charge in [0, 0.05) is 25.3 Å². The average Bonchev–Trinajstić information content (AvgIpc) is 2.84. The van der Waals surface area contributed by atoms with Crippen molar-refractivity contribution in [2.75, 3.05) is 31.1 Å². The van der Waals surface area contributed by atoms with Gasteiger partial charge >= 0.3 is 0 Å². The van der Waals surface area contributed by atoms with E-state index in [1.54, 1.807) is 0 Å². The Kier molecular flexibility index (Phi) is 3.30. The van der Waals surface area contributed by atoms with E-state index in [9.17, 15) is 4.79 Å². The standard InChI is InChI=1S/C14H18N2O2/c17-14(9-12-10-15-6-8-18-12)16-7-5-11-3-1-2-4-13(11)16/h1-4,12,15H,5-10H2. The van der Waals surface area contributed by atoms with Gasteiger partial charge in [-0.1, -0.05) is 18.2 Å². The molecule has 96 valence electrons. The minimum atomic E-state index is 0.0269. The Balaban J connectivity index is 1.67. The topological polar surface area (TPSA) is 41.6 Å². The minimum Gasteiger partial charge on any atom is -0.375 e. The molecule has 4 heteroatoms. The molecule has 4 nitrogen and oxygen atoms in total. The van der Waals surface area contributed by atoms with Crippen LogP contribution in [0.4, 0.5) is 5.69 Å². The lowest BCUT2D eigenvalue weighted by Crippen LogP contribution is -2.42. The Morgan fingerprint density at radius 3 is 3.17 bits per heavy atom. The van der Waals surface area contributed by atoms with Crippen LogP contribution in [0.5, 0.6) is 0 Å². The summed E-state index contributed by atoms with van der Waals surface area (Å²) in [6.45, 7) is 3.17. The van der Waals surface area contributed by atoms with Crippen molar-refractivity contribution in [2.45, 2.75) is 18.9 Å². The molecule has 0 bridgehead atoms. The van der Waals surface area contributed by atoms with Crippen molar-refractivity contribution in [3.63, 3.8) is 0 Å². The number of nitrogens with one attached hydrogen (secondary N) is 1. The number of ether oxygens (including phenoxy) is 1. The molecule has 2 heterocycles. The third-order valence-corrected chi connectivity index (χ3v) is 3.59. The normalized spacial score (nSPS) is 22.9. The molecule has 1 aromatic carbocycles. The first-order valence-electron chi connectivity index (χ1n) is 6.55. The lowest BCUT2D eigenvalue weighted by atomic mass is 10.1. The predicted molar refractivity (Wildman–Crippen MR) is 69.7 cm³/mol. The summed E-state index contributed by atoms with van der Waals surface area (Å²) in [5, 5.41) is 3.25. The molecule has 0 aliphatic carbocycles. The maximum Gasteiger partial charge on any atom is 0.229 e. The zero-order valence-corrected chi connectivity index (χ0v) is 10.4. The van der Waals surface area contributed by atoms with Gasteiger partial charge in [0.25, 0.3) is 0 Å². The summed E-state index contributed by atoms with van der Waals surface area (Å²) in [6.07, 6.45) is 1.46. The third kappa shape index (κ3) is 2.26. The number of hydrogen-bond acceptors (Lipinski definition) is 3. The highest BCUT2D eigenvalue weighted by atomic mass is 16.5. The second-order valence-corrected chi connectivity index (χ2v) is 4.83. The first-order valence-corrected chi connectivity index (χ1v) is 6.55. The molecule has 0 spiro atoms. The second-order valence-electron chi connectivity index (χ2n) is 4.83. The summed E-state index contributed by atoms with van der Waals surface area (Å²) < 4.78 is 5.59. The molecular weight excluding hydrogens is 228 g/mol. The van der Waals surface area contributed by atoms with Crippen molar-refractivity contribution in [1.29, 1.82) is 0 Å². The van der Waals surface area contributed by atoms with Crippen molar-refractivity contribution in [3.05, 3.63) is 29.8 Å². The molecular formula is C14H18N2O2. The molecule has 1 N–H and O–H groups in total. The number of para-hydroxylation sites is 1. The molecule has 0 aromatic heterocycles. The minimum absolute atomic E-state index is 0.0269. The monoisotopic (exact) mass is 246 g/mol. The van der Waals surface area contributed by atoms with E-state index in [4.69, 9.17) is 4.74 Å². The summed E-state index contributed by atoms with van der Waals surface area (Å²) >= 11 is 0. The van der Waals surface area contributed by atoms with Crippen LogP contribution in [0.1, 0.15) is 12.0 Å². The Hall–Kier alpha value is -1.39. The van der Waals surface area contributed by atoms with Crippen LogP contribution in [0.25, 0.3) is 0 Å². The van der Waals surface area contributed by atoms with Crippen molar-refractivity contribution < 1.29 is 9.53 Å². The highest BCUT2D eigenvalue weighted by Crippen LogP contribution is 2.28. The molecule has 1 unspecified atom stereocenters. The zero-order valence-electron chi connectivity index (χ0n) is 10.4. The Morgan fingerprint density at radius 1 is 1.44 bits per heavy atom. The van der Waals surface area contributed by atoms with Gasteiger partial charge in [0.1, 0.15) is 0 Å².